The molecule has 0 aromatic heterocycles. The van der Waals surface area contributed by atoms with Crippen LogP contribution in [0.25, 0.3) is 0 Å². The van der Waals surface area contributed by atoms with Gasteiger partial charge in [0.15, 0.2) is 0 Å². The summed E-state index contributed by atoms with van der Waals surface area (Å²) in [5, 5.41) is 0. The van der Waals surface area contributed by atoms with Gasteiger partial charge in [-0.2, -0.15) is 0 Å². The fourth-order valence-electron chi connectivity index (χ4n) is 3.64. The molecular formula is C28H52O4. The number of carbonyl (C=O) groups is 2. The largest absolute Gasteiger partial charge is 0.466 e. The summed E-state index contributed by atoms with van der Waals surface area (Å²) >= 11 is 0. The van der Waals surface area contributed by atoms with Crippen molar-refractivity contribution < 1.29 is 19.1 Å². The predicted molar refractivity (Wildman–Crippen MR) is 135 cm³/mol. The third-order valence-corrected chi connectivity index (χ3v) is 5.71. The van der Waals surface area contributed by atoms with Crippen LogP contribution in [-0.4, -0.2) is 25.2 Å². The third-order valence-electron chi connectivity index (χ3n) is 5.71. The van der Waals surface area contributed by atoms with Gasteiger partial charge < -0.3 is 9.47 Å². The van der Waals surface area contributed by atoms with Gasteiger partial charge in [-0.3, -0.25) is 9.59 Å². The highest BCUT2D eigenvalue weighted by Crippen LogP contribution is 2.12. The number of ether oxygens (including phenoxy) is 2. The van der Waals surface area contributed by atoms with Crippen LogP contribution in [0.4, 0.5) is 0 Å². The highest BCUT2D eigenvalue weighted by atomic mass is 16.5. The van der Waals surface area contributed by atoms with Crippen molar-refractivity contribution >= 4 is 11.9 Å². The molecule has 32 heavy (non-hydrogen) atoms. The van der Waals surface area contributed by atoms with Gasteiger partial charge in [0.1, 0.15) is 0 Å². The fourth-order valence-corrected chi connectivity index (χ4v) is 3.64. The van der Waals surface area contributed by atoms with Gasteiger partial charge in [0, 0.05) is 12.8 Å². The number of rotatable bonds is 24. The molecule has 0 unspecified atom stereocenters. The smallest absolute Gasteiger partial charge is 0.305 e. The molecular weight excluding hydrogens is 400 g/mol. The van der Waals surface area contributed by atoms with E-state index in [0.29, 0.717) is 26.1 Å². The first kappa shape index (κ1) is 30.7. The summed E-state index contributed by atoms with van der Waals surface area (Å²) < 4.78 is 10.5. The summed E-state index contributed by atoms with van der Waals surface area (Å²) in [6, 6.07) is 0. The van der Waals surface area contributed by atoms with Gasteiger partial charge >= 0.3 is 11.9 Å². The van der Waals surface area contributed by atoms with Crippen molar-refractivity contribution in [1.82, 2.24) is 0 Å². The van der Waals surface area contributed by atoms with Crippen LogP contribution in [0.15, 0.2) is 12.2 Å². The van der Waals surface area contributed by atoms with Gasteiger partial charge in [-0.25, -0.2) is 0 Å². The molecule has 4 heteroatoms. The SMILES string of the molecule is CCCCC/C=C\CCOC(=O)CCCC(=O)OCCCCCCCCCCCCCC. The summed E-state index contributed by atoms with van der Waals surface area (Å²) in [6.07, 6.45) is 26.5. The van der Waals surface area contributed by atoms with Crippen LogP contribution in [0, 0.1) is 0 Å². The average molecular weight is 453 g/mol. The molecule has 0 saturated carbocycles. The quantitative estimate of drug-likeness (QED) is 0.0837. The molecule has 188 valence electrons. The molecule has 0 heterocycles. The predicted octanol–water partition coefficient (Wildman–Crippen LogP) is 8.47. The molecule has 4 nitrogen and oxygen atoms in total. The van der Waals surface area contributed by atoms with Crippen molar-refractivity contribution in [2.24, 2.45) is 0 Å². The Kier molecular flexibility index (Phi) is 24.9. The number of hydrogen-bond donors (Lipinski definition) is 0. The van der Waals surface area contributed by atoms with Crippen LogP contribution >= 0.6 is 0 Å². The van der Waals surface area contributed by atoms with Crippen molar-refractivity contribution in [1.29, 1.82) is 0 Å². The van der Waals surface area contributed by atoms with Crippen molar-refractivity contribution in [2.75, 3.05) is 13.2 Å². The van der Waals surface area contributed by atoms with E-state index in [1.165, 1.54) is 83.5 Å². The van der Waals surface area contributed by atoms with Crippen LogP contribution in [0.3, 0.4) is 0 Å². The molecule has 0 aliphatic carbocycles. The molecule has 0 aliphatic heterocycles. The fraction of sp³-hybridized carbons (Fsp3) is 0.857. The molecule has 0 aliphatic rings. The highest BCUT2D eigenvalue weighted by molar-refractivity contribution is 5.72. The minimum Gasteiger partial charge on any atom is -0.466 e. The first-order chi connectivity index (χ1) is 15.7. The summed E-state index contributed by atoms with van der Waals surface area (Å²) in [7, 11) is 0. The normalized spacial score (nSPS) is 11.2. The van der Waals surface area contributed by atoms with E-state index in [9.17, 15) is 9.59 Å². The number of hydrogen-bond acceptors (Lipinski definition) is 4. The summed E-state index contributed by atoms with van der Waals surface area (Å²) in [5.74, 6) is -0.422. The minimum absolute atomic E-state index is 0.198. The lowest BCUT2D eigenvalue weighted by Crippen LogP contribution is -2.09. The van der Waals surface area contributed by atoms with Gasteiger partial charge in [-0.05, 0) is 32.1 Å². The lowest BCUT2D eigenvalue weighted by atomic mass is 10.1. The van der Waals surface area contributed by atoms with Gasteiger partial charge in [0.05, 0.1) is 13.2 Å². The van der Waals surface area contributed by atoms with Crippen molar-refractivity contribution in [3.05, 3.63) is 12.2 Å². The molecule has 0 aromatic carbocycles. The molecule has 0 atom stereocenters. The summed E-state index contributed by atoms with van der Waals surface area (Å²) in [5.41, 5.74) is 0. The molecule has 0 rings (SSSR count). The van der Waals surface area contributed by atoms with E-state index in [4.69, 9.17) is 9.47 Å². The number of unbranched alkanes of at least 4 members (excludes halogenated alkanes) is 14. The monoisotopic (exact) mass is 452 g/mol. The Bertz CT molecular complexity index is 445. The molecule has 0 aromatic rings. The van der Waals surface area contributed by atoms with Crippen LogP contribution in [0.2, 0.25) is 0 Å². The minimum atomic E-state index is -0.224. The zero-order valence-electron chi connectivity index (χ0n) is 21.3. The number of esters is 2. The summed E-state index contributed by atoms with van der Waals surface area (Å²) in [6.45, 7) is 5.39. The first-order valence-corrected chi connectivity index (χ1v) is 13.7. The Morgan fingerprint density at radius 1 is 0.500 bits per heavy atom. The van der Waals surface area contributed by atoms with E-state index in [2.05, 4.69) is 26.0 Å². The lowest BCUT2D eigenvalue weighted by molar-refractivity contribution is -0.145. The van der Waals surface area contributed by atoms with E-state index in [1.54, 1.807) is 0 Å². The van der Waals surface area contributed by atoms with Crippen LogP contribution < -0.4 is 0 Å². The maximum absolute atomic E-state index is 11.7. The second kappa shape index (κ2) is 25.9. The lowest BCUT2D eigenvalue weighted by Gasteiger charge is -2.06. The van der Waals surface area contributed by atoms with E-state index in [0.717, 1.165) is 25.7 Å². The topological polar surface area (TPSA) is 52.6 Å². The van der Waals surface area contributed by atoms with Crippen LogP contribution in [-0.2, 0) is 19.1 Å². The van der Waals surface area contributed by atoms with Gasteiger partial charge in [0.2, 0.25) is 0 Å². The zero-order chi connectivity index (χ0) is 23.5. The number of carbonyl (C=O) groups excluding carboxylic acids is 2. The highest BCUT2D eigenvalue weighted by Gasteiger charge is 2.07. The maximum atomic E-state index is 11.7. The van der Waals surface area contributed by atoms with Gasteiger partial charge in [-0.15, -0.1) is 0 Å². The average Bonchev–Trinajstić information content (AvgIpc) is 2.78. The first-order valence-electron chi connectivity index (χ1n) is 13.7. The third kappa shape index (κ3) is 24.9. The van der Waals surface area contributed by atoms with E-state index < -0.39 is 0 Å². The van der Waals surface area contributed by atoms with Crippen LogP contribution in [0.1, 0.15) is 142 Å². The zero-order valence-corrected chi connectivity index (χ0v) is 21.3. The summed E-state index contributed by atoms with van der Waals surface area (Å²) in [4.78, 5) is 23.4. The van der Waals surface area contributed by atoms with E-state index >= 15 is 0 Å². The maximum Gasteiger partial charge on any atom is 0.305 e. The second-order valence-corrected chi connectivity index (χ2v) is 8.94. The van der Waals surface area contributed by atoms with Crippen LogP contribution in [0.5, 0.6) is 0 Å². The Hall–Kier alpha value is -1.32. The van der Waals surface area contributed by atoms with Gasteiger partial charge in [-0.1, -0.05) is 109 Å². The second-order valence-electron chi connectivity index (χ2n) is 8.94. The Labute approximate surface area is 198 Å². The van der Waals surface area contributed by atoms with E-state index in [1.807, 2.05) is 0 Å². The van der Waals surface area contributed by atoms with Crippen molar-refractivity contribution in [3.63, 3.8) is 0 Å². The van der Waals surface area contributed by atoms with E-state index in [-0.39, 0.29) is 18.4 Å². The Morgan fingerprint density at radius 3 is 1.50 bits per heavy atom. The molecule has 0 fully saturated rings. The Morgan fingerprint density at radius 2 is 0.938 bits per heavy atom. The van der Waals surface area contributed by atoms with Crippen molar-refractivity contribution in [3.8, 4) is 0 Å². The standard InChI is InChI=1S/C28H52O4/c1-3-5-7-9-11-12-13-14-15-17-19-21-26-32-28(30)24-22-23-27(29)31-25-20-18-16-10-8-6-4-2/h16,18H,3-15,17,19-26H2,1-2H3/b18-16-. The molecule has 0 radical (unpaired) electrons. The molecule has 0 amide bonds. The Balaban J connectivity index is 3.33. The molecule has 0 saturated heterocycles. The molecule has 0 spiro atoms. The van der Waals surface area contributed by atoms with Gasteiger partial charge in [0.25, 0.3) is 0 Å². The number of allylic oxidation sites excluding steroid dienone is 1. The van der Waals surface area contributed by atoms with Crippen molar-refractivity contribution in [2.45, 2.75) is 142 Å². The molecule has 0 N–H and O–H groups in total. The molecule has 0 bridgehead atoms.